The van der Waals surface area contributed by atoms with Crippen molar-refractivity contribution in [3.63, 3.8) is 0 Å². The molecule has 220 valence electrons. The average Bonchev–Trinajstić information content (AvgIpc) is 3.28. The third kappa shape index (κ3) is 5.86. The van der Waals surface area contributed by atoms with Crippen LogP contribution in [0.3, 0.4) is 0 Å². The molecule has 0 spiro atoms. The summed E-state index contributed by atoms with van der Waals surface area (Å²) in [5.74, 6) is 0. The van der Waals surface area contributed by atoms with Gasteiger partial charge in [0.25, 0.3) is 15.7 Å². The van der Waals surface area contributed by atoms with Crippen molar-refractivity contribution in [3.05, 3.63) is 140 Å². The number of halogens is 1. The third-order valence-electron chi connectivity index (χ3n) is 7.25. The maximum atomic E-state index is 16.0. The van der Waals surface area contributed by atoms with Crippen LogP contribution in [0.15, 0.2) is 107 Å². The summed E-state index contributed by atoms with van der Waals surface area (Å²) in [6, 6.07) is 28.4. The highest BCUT2D eigenvalue weighted by Gasteiger charge is 2.50. The summed E-state index contributed by atoms with van der Waals surface area (Å²) in [6.45, 7) is 1.40. The highest BCUT2D eigenvalue weighted by atomic mass is 32.2. The molecule has 1 fully saturated rings. The van der Waals surface area contributed by atoms with Crippen LogP contribution in [0.1, 0.15) is 35.4 Å². The van der Waals surface area contributed by atoms with Crippen LogP contribution in [-0.4, -0.2) is 49.2 Å². The number of rotatable bonds is 10. The van der Waals surface area contributed by atoms with Crippen molar-refractivity contribution in [2.75, 3.05) is 12.9 Å². The lowest BCUT2D eigenvalue weighted by Crippen LogP contribution is -2.41. The monoisotopic (exact) mass is 594 g/mol. The molecule has 1 aromatic heterocycles. The van der Waals surface area contributed by atoms with E-state index in [4.69, 9.17) is 13.7 Å². The highest BCUT2D eigenvalue weighted by molar-refractivity contribution is 7.86. The van der Waals surface area contributed by atoms with Crippen molar-refractivity contribution >= 4 is 10.1 Å². The van der Waals surface area contributed by atoms with Gasteiger partial charge in [-0.3, -0.25) is 18.5 Å². The van der Waals surface area contributed by atoms with Gasteiger partial charge in [-0.2, -0.15) is 8.42 Å². The van der Waals surface area contributed by atoms with Crippen LogP contribution in [0.2, 0.25) is 0 Å². The van der Waals surface area contributed by atoms with E-state index < -0.39 is 51.6 Å². The SMILES string of the molecule is CCc1cn([C@@H]2O[C@H](COC(c3ccccc3)(c3ccccc3)c3ccccc3)[C@@H](OS(C)(=O)=O)[C@@H]2F)c(=O)[nH]c1=O. The molecule has 4 atom stereocenters. The molecule has 3 aromatic carbocycles. The Labute approximate surface area is 242 Å². The Balaban J connectivity index is 1.59. The number of H-pyrrole nitrogens is 1. The number of aromatic nitrogens is 2. The van der Waals surface area contributed by atoms with Crippen LogP contribution in [0, 0.1) is 0 Å². The van der Waals surface area contributed by atoms with Gasteiger partial charge in [-0.15, -0.1) is 0 Å². The van der Waals surface area contributed by atoms with E-state index in [1.807, 2.05) is 91.0 Å². The molecule has 0 saturated carbocycles. The quantitative estimate of drug-likeness (QED) is 0.220. The molecule has 0 bridgehead atoms. The lowest BCUT2D eigenvalue weighted by molar-refractivity contribution is -0.0922. The van der Waals surface area contributed by atoms with Gasteiger partial charge in [0.2, 0.25) is 0 Å². The molecular weight excluding hydrogens is 563 g/mol. The Kier molecular flexibility index (Phi) is 8.55. The van der Waals surface area contributed by atoms with Crippen LogP contribution in [0.4, 0.5) is 4.39 Å². The van der Waals surface area contributed by atoms with Crippen LogP contribution < -0.4 is 11.2 Å². The first kappa shape index (κ1) is 29.6. The van der Waals surface area contributed by atoms with Gasteiger partial charge in [0, 0.05) is 11.8 Å². The first-order chi connectivity index (χ1) is 20.1. The molecule has 0 unspecified atom stereocenters. The van der Waals surface area contributed by atoms with Gasteiger partial charge in [-0.25, -0.2) is 9.18 Å². The lowest BCUT2D eigenvalue weighted by atomic mass is 9.80. The molecule has 5 rings (SSSR count). The van der Waals surface area contributed by atoms with E-state index in [9.17, 15) is 18.0 Å². The minimum absolute atomic E-state index is 0.238. The number of hydrogen-bond donors (Lipinski definition) is 1. The van der Waals surface area contributed by atoms with E-state index in [0.29, 0.717) is 0 Å². The van der Waals surface area contributed by atoms with Crippen LogP contribution in [0.5, 0.6) is 0 Å². The molecule has 0 aliphatic carbocycles. The molecular formula is C31H31FN2O7S. The van der Waals surface area contributed by atoms with E-state index in [1.54, 1.807) is 6.92 Å². The number of nitrogens with zero attached hydrogens (tertiary/aromatic N) is 1. The third-order valence-corrected chi connectivity index (χ3v) is 7.83. The normalized spacial score (nSPS) is 20.9. The number of nitrogens with one attached hydrogen (secondary N) is 1. The van der Waals surface area contributed by atoms with Crippen LogP contribution in [0.25, 0.3) is 0 Å². The van der Waals surface area contributed by atoms with E-state index in [2.05, 4.69) is 4.98 Å². The Bertz CT molecular complexity index is 1630. The zero-order valence-electron chi connectivity index (χ0n) is 23.1. The number of aromatic amines is 1. The summed E-state index contributed by atoms with van der Waals surface area (Å²) in [6.07, 6.45) is -4.22. The number of ether oxygens (including phenoxy) is 2. The first-order valence-electron chi connectivity index (χ1n) is 13.5. The molecule has 9 nitrogen and oxygen atoms in total. The average molecular weight is 595 g/mol. The largest absolute Gasteiger partial charge is 0.358 e. The van der Waals surface area contributed by atoms with Crippen molar-refractivity contribution in [1.29, 1.82) is 0 Å². The molecule has 11 heteroatoms. The van der Waals surface area contributed by atoms with E-state index in [0.717, 1.165) is 27.5 Å². The van der Waals surface area contributed by atoms with Crippen LogP contribution in [-0.2, 0) is 35.8 Å². The zero-order chi connectivity index (χ0) is 29.9. The summed E-state index contributed by atoms with van der Waals surface area (Å²) in [5.41, 5.74) is -0.110. The Morgan fingerprint density at radius 3 is 1.86 bits per heavy atom. The predicted molar refractivity (Wildman–Crippen MR) is 154 cm³/mol. The molecule has 1 saturated heterocycles. The Hall–Kier alpha value is -3.90. The standard InChI is InChI=1S/C31H31FN2O7S/c1-3-21-19-34(30(36)33-28(21)35)29-26(32)27(41-42(2,37)38)25(40-29)20-39-31(22-13-7-4-8-14-22,23-15-9-5-10-16-23)24-17-11-6-12-18-24/h4-19,25-27,29H,3,20H2,1-2H3,(H,33,35,36)/t25-,26+,27-,29-/m1/s1. The fraction of sp³-hybridized carbons (Fsp3) is 0.290. The fourth-order valence-electron chi connectivity index (χ4n) is 5.31. The molecule has 42 heavy (non-hydrogen) atoms. The van der Waals surface area contributed by atoms with Gasteiger partial charge in [0.1, 0.15) is 17.8 Å². The molecule has 0 radical (unpaired) electrons. The van der Waals surface area contributed by atoms with E-state index >= 15 is 4.39 Å². The van der Waals surface area contributed by atoms with E-state index in [1.165, 1.54) is 6.20 Å². The van der Waals surface area contributed by atoms with Crippen molar-refractivity contribution in [1.82, 2.24) is 9.55 Å². The highest BCUT2D eigenvalue weighted by Crippen LogP contribution is 2.42. The second-order valence-electron chi connectivity index (χ2n) is 10.0. The number of hydrogen-bond acceptors (Lipinski definition) is 7. The minimum atomic E-state index is -4.14. The zero-order valence-corrected chi connectivity index (χ0v) is 23.9. The van der Waals surface area contributed by atoms with Gasteiger partial charge in [0.05, 0.1) is 12.9 Å². The molecule has 1 aliphatic heterocycles. The fourth-order valence-corrected chi connectivity index (χ4v) is 5.95. The van der Waals surface area contributed by atoms with Crippen molar-refractivity contribution < 1.29 is 26.5 Å². The topological polar surface area (TPSA) is 117 Å². The molecule has 1 N–H and O–H groups in total. The molecule has 2 heterocycles. The summed E-state index contributed by atoms with van der Waals surface area (Å²) >= 11 is 0. The van der Waals surface area contributed by atoms with Crippen LogP contribution >= 0.6 is 0 Å². The van der Waals surface area contributed by atoms with E-state index in [-0.39, 0.29) is 18.6 Å². The molecule has 1 aliphatic rings. The van der Waals surface area contributed by atoms with Crippen molar-refractivity contribution in [2.45, 2.75) is 43.6 Å². The summed E-state index contributed by atoms with van der Waals surface area (Å²) in [4.78, 5) is 27.0. The predicted octanol–water partition coefficient (Wildman–Crippen LogP) is 3.69. The summed E-state index contributed by atoms with van der Waals surface area (Å²) in [7, 11) is -4.14. The van der Waals surface area contributed by atoms with Crippen molar-refractivity contribution in [2.24, 2.45) is 0 Å². The minimum Gasteiger partial charge on any atom is -0.358 e. The lowest BCUT2D eigenvalue weighted by Gasteiger charge is -2.37. The second-order valence-corrected chi connectivity index (χ2v) is 11.6. The molecule has 0 amide bonds. The van der Waals surface area contributed by atoms with Gasteiger partial charge in [-0.05, 0) is 23.1 Å². The van der Waals surface area contributed by atoms with Gasteiger partial charge in [-0.1, -0.05) is 97.9 Å². The van der Waals surface area contributed by atoms with Crippen molar-refractivity contribution in [3.8, 4) is 0 Å². The smallest absolute Gasteiger partial charge is 0.330 e. The summed E-state index contributed by atoms with van der Waals surface area (Å²) in [5, 5.41) is 0. The second kappa shape index (κ2) is 12.1. The number of benzene rings is 3. The maximum absolute atomic E-state index is 16.0. The summed E-state index contributed by atoms with van der Waals surface area (Å²) < 4.78 is 59.2. The number of alkyl halides is 1. The Morgan fingerprint density at radius 1 is 0.905 bits per heavy atom. The molecule has 4 aromatic rings. The first-order valence-corrected chi connectivity index (χ1v) is 15.3. The van der Waals surface area contributed by atoms with Gasteiger partial charge < -0.3 is 9.47 Å². The van der Waals surface area contributed by atoms with Gasteiger partial charge in [0.15, 0.2) is 12.4 Å². The Morgan fingerprint density at radius 2 is 1.40 bits per heavy atom. The maximum Gasteiger partial charge on any atom is 0.330 e. The number of aryl methyl sites for hydroxylation is 1. The van der Waals surface area contributed by atoms with Gasteiger partial charge >= 0.3 is 5.69 Å².